The minimum absolute atomic E-state index is 0.411. The molecule has 0 fully saturated rings. The lowest BCUT2D eigenvalue weighted by molar-refractivity contribution is 0.276. The second kappa shape index (κ2) is 6.69. The third-order valence-corrected chi connectivity index (χ3v) is 3.95. The molecule has 1 aliphatic carbocycles. The Kier molecular flexibility index (Phi) is 4.94. The first-order chi connectivity index (χ1) is 9.67. The molecule has 0 radical (unpaired) electrons. The van der Waals surface area contributed by atoms with Gasteiger partial charge in [0.1, 0.15) is 28.6 Å². The first-order valence-corrected chi connectivity index (χ1v) is 7.11. The molecule has 1 aliphatic rings. The summed E-state index contributed by atoms with van der Waals surface area (Å²) in [5, 5.41) is 9.32. The Morgan fingerprint density at radius 1 is 1.30 bits per heavy atom. The van der Waals surface area contributed by atoms with Crippen molar-refractivity contribution in [3.05, 3.63) is 77.9 Å². The van der Waals surface area contributed by atoms with Crippen molar-refractivity contribution in [1.29, 1.82) is 5.26 Å². The highest BCUT2D eigenvalue weighted by molar-refractivity contribution is 14.1. The van der Waals surface area contributed by atoms with Crippen molar-refractivity contribution < 1.29 is 3.07 Å². The van der Waals surface area contributed by atoms with Crippen LogP contribution < -0.4 is 0 Å². The van der Waals surface area contributed by atoms with E-state index in [0.717, 1.165) is 11.1 Å². The average Bonchev–Trinajstić information content (AvgIpc) is 2.68. The fourth-order valence-electron chi connectivity index (χ4n) is 1.84. The second-order valence-corrected chi connectivity index (χ2v) is 5.10. The predicted molar refractivity (Wildman–Crippen MR) is 89.9 cm³/mol. The monoisotopic (exact) mass is 375 g/mol. The van der Waals surface area contributed by atoms with Crippen LogP contribution in [0.5, 0.6) is 0 Å². The number of benzene rings is 1. The van der Waals surface area contributed by atoms with Crippen molar-refractivity contribution in [3.8, 4) is 6.07 Å². The highest BCUT2D eigenvalue weighted by atomic mass is 127. The summed E-state index contributed by atoms with van der Waals surface area (Å²) in [5.41, 5.74) is 2.13. The fourth-order valence-corrected chi connectivity index (χ4v) is 2.13. The largest absolute Gasteiger partial charge is 0.301 e. The molecule has 3 heteroatoms. The molecule has 0 amide bonds. The van der Waals surface area contributed by atoms with Crippen LogP contribution in [0.4, 0.5) is 0 Å². The van der Waals surface area contributed by atoms with Gasteiger partial charge in [0.05, 0.1) is 11.6 Å². The van der Waals surface area contributed by atoms with Gasteiger partial charge in [0.15, 0.2) is 0 Å². The Hall–Kier alpha value is -1.64. The zero-order valence-corrected chi connectivity index (χ0v) is 13.2. The molecule has 100 valence electrons. The molecule has 0 aliphatic heterocycles. The van der Waals surface area contributed by atoms with E-state index in [9.17, 15) is 5.26 Å². The van der Waals surface area contributed by atoms with Crippen LogP contribution in [0.25, 0.3) is 5.57 Å². The van der Waals surface area contributed by atoms with Gasteiger partial charge in [0.25, 0.3) is 0 Å². The first-order valence-electron chi connectivity index (χ1n) is 6.22. The summed E-state index contributed by atoms with van der Waals surface area (Å²) in [6.07, 6.45) is 11.7. The maximum absolute atomic E-state index is 9.32. The fraction of sp³-hybridized carbons (Fsp3) is 0.118. The van der Waals surface area contributed by atoms with Gasteiger partial charge in [-0.3, -0.25) is 0 Å². The molecule has 0 saturated carbocycles. The maximum atomic E-state index is 9.32. The third-order valence-electron chi connectivity index (χ3n) is 3.01. The molecule has 1 unspecified atom stereocenters. The summed E-state index contributed by atoms with van der Waals surface area (Å²) in [5.74, 6) is 0. The molecule has 0 heterocycles. The molecule has 0 aromatic heterocycles. The maximum Gasteiger partial charge on any atom is 0.115 e. The SMILES string of the molecule is CC1(OI)C=CC=C(/C=C(\C#N)c2ccccc2)C=C1. The van der Waals surface area contributed by atoms with E-state index in [2.05, 4.69) is 6.07 Å². The Morgan fingerprint density at radius 2 is 2.05 bits per heavy atom. The van der Waals surface area contributed by atoms with Crippen LogP contribution in [0.15, 0.2) is 72.4 Å². The molecular formula is C17H14INO. The summed E-state index contributed by atoms with van der Waals surface area (Å²) in [4.78, 5) is 0. The van der Waals surface area contributed by atoms with E-state index in [0.29, 0.717) is 5.57 Å². The Bertz CT molecular complexity index is 635. The summed E-state index contributed by atoms with van der Waals surface area (Å²) in [7, 11) is 0. The molecule has 1 atom stereocenters. The van der Waals surface area contributed by atoms with E-state index in [4.69, 9.17) is 3.07 Å². The molecular weight excluding hydrogens is 361 g/mol. The van der Waals surface area contributed by atoms with Gasteiger partial charge in [-0.15, -0.1) is 0 Å². The quantitative estimate of drug-likeness (QED) is 0.563. The normalized spacial score (nSPS) is 22.1. The van der Waals surface area contributed by atoms with Gasteiger partial charge >= 0.3 is 0 Å². The van der Waals surface area contributed by atoms with Crippen LogP contribution in [0.1, 0.15) is 12.5 Å². The van der Waals surface area contributed by atoms with E-state index in [1.54, 1.807) is 0 Å². The highest BCUT2D eigenvalue weighted by Gasteiger charge is 2.17. The van der Waals surface area contributed by atoms with Gasteiger partial charge < -0.3 is 3.07 Å². The van der Waals surface area contributed by atoms with E-state index in [1.807, 2.05) is 96.7 Å². The van der Waals surface area contributed by atoms with Gasteiger partial charge in [-0.1, -0.05) is 48.6 Å². The van der Waals surface area contributed by atoms with Crippen molar-refractivity contribution in [3.63, 3.8) is 0 Å². The molecule has 2 nitrogen and oxygen atoms in total. The van der Waals surface area contributed by atoms with Crippen LogP contribution in [0, 0.1) is 11.3 Å². The molecule has 20 heavy (non-hydrogen) atoms. The number of allylic oxidation sites excluding steroid dienone is 6. The number of nitrogens with zero attached hydrogens (tertiary/aromatic N) is 1. The zero-order valence-electron chi connectivity index (χ0n) is 11.1. The van der Waals surface area contributed by atoms with Crippen LogP contribution in [0.3, 0.4) is 0 Å². The molecule has 2 rings (SSSR count). The number of hydrogen-bond acceptors (Lipinski definition) is 2. The first kappa shape index (κ1) is 14.8. The second-order valence-electron chi connectivity index (χ2n) is 4.66. The minimum atomic E-state index is -0.411. The highest BCUT2D eigenvalue weighted by Crippen LogP contribution is 2.23. The Balaban J connectivity index is 2.31. The van der Waals surface area contributed by atoms with E-state index < -0.39 is 5.60 Å². The topological polar surface area (TPSA) is 33.0 Å². The van der Waals surface area contributed by atoms with Crippen molar-refractivity contribution in [2.24, 2.45) is 0 Å². The standard InChI is InChI=1S/C17H14INO/c1-17(20-18)10-5-6-14(9-11-17)12-16(13-19)15-7-3-2-4-8-15/h2-12H,1H3/b16-12+. The summed E-state index contributed by atoms with van der Waals surface area (Å²) >= 11 is 1.90. The van der Waals surface area contributed by atoms with Crippen LogP contribution in [-0.4, -0.2) is 5.60 Å². The van der Waals surface area contributed by atoms with Crippen molar-refractivity contribution >= 4 is 28.6 Å². The molecule has 0 spiro atoms. The van der Waals surface area contributed by atoms with E-state index in [1.165, 1.54) is 0 Å². The Morgan fingerprint density at radius 3 is 2.70 bits per heavy atom. The molecule has 0 saturated heterocycles. The molecule has 0 N–H and O–H groups in total. The molecule has 1 aromatic carbocycles. The van der Waals surface area contributed by atoms with E-state index >= 15 is 0 Å². The van der Waals surface area contributed by atoms with Gasteiger partial charge in [0, 0.05) is 0 Å². The predicted octanol–water partition coefficient (Wildman–Crippen LogP) is 4.77. The number of hydrogen-bond donors (Lipinski definition) is 0. The minimum Gasteiger partial charge on any atom is -0.301 e. The van der Waals surface area contributed by atoms with Gasteiger partial charge in [-0.25, -0.2) is 0 Å². The number of halogens is 1. The van der Waals surface area contributed by atoms with Gasteiger partial charge in [-0.05, 0) is 36.3 Å². The lowest BCUT2D eigenvalue weighted by Gasteiger charge is -2.16. The third kappa shape index (κ3) is 3.69. The average molecular weight is 375 g/mol. The summed E-state index contributed by atoms with van der Waals surface area (Å²) in [6, 6.07) is 11.9. The van der Waals surface area contributed by atoms with Crippen LogP contribution >= 0.6 is 23.0 Å². The smallest absolute Gasteiger partial charge is 0.115 e. The summed E-state index contributed by atoms with van der Waals surface area (Å²) < 4.78 is 5.40. The van der Waals surface area contributed by atoms with Gasteiger partial charge in [0.2, 0.25) is 0 Å². The van der Waals surface area contributed by atoms with Gasteiger partial charge in [-0.2, -0.15) is 5.26 Å². The lowest BCUT2D eigenvalue weighted by atomic mass is 10.0. The lowest BCUT2D eigenvalue weighted by Crippen LogP contribution is -2.17. The van der Waals surface area contributed by atoms with Crippen molar-refractivity contribution in [2.45, 2.75) is 12.5 Å². The van der Waals surface area contributed by atoms with Crippen molar-refractivity contribution in [2.75, 3.05) is 0 Å². The zero-order chi connectivity index (χ0) is 14.4. The summed E-state index contributed by atoms with van der Waals surface area (Å²) in [6.45, 7) is 1.98. The number of nitriles is 1. The molecule has 1 aromatic rings. The number of rotatable bonds is 3. The van der Waals surface area contributed by atoms with Crippen LogP contribution in [-0.2, 0) is 3.07 Å². The van der Waals surface area contributed by atoms with Crippen molar-refractivity contribution in [1.82, 2.24) is 0 Å². The van der Waals surface area contributed by atoms with E-state index in [-0.39, 0.29) is 0 Å². The Labute approximate surface area is 133 Å². The molecule has 0 bridgehead atoms. The van der Waals surface area contributed by atoms with Crippen LogP contribution in [0.2, 0.25) is 0 Å².